The Balaban J connectivity index is 1.46. The Kier molecular flexibility index (Phi) is 7.61. The molecule has 0 bridgehead atoms. The van der Waals surface area contributed by atoms with Crippen LogP contribution < -0.4 is 10.1 Å². The van der Waals surface area contributed by atoms with Gasteiger partial charge in [0.1, 0.15) is 11.6 Å². The van der Waals surface area contributed by atoms with Crippen LogP contribution in [0.25, 0.3) is 0 Å². The fraction of sp³-hybridized carbons (Fsp3) is 0.357. The Morgan fingerprint density at radius 3 is 2.76 bits per heavy atom. The van der Waals surface area contributed by atoms with Crippen LogP contribution in [0.2, 0.25) is 0 Å². The van der Waals surface area contributed by atoms with Crippen LogP contribution in [-0.2, 0) is 28.8 Å². The van der Waals surface area contributed by atoms with E-state index in [1.54, 1.807) is 0 Å². The highest BCUT2D eigenvalue weighted by molar-refractivity contribution is 5.71. The number of benzene rings is 2. The average molecular weight is 445 g/mol. The molecule has 172 valence electrons. The van der Waals surface area contributed by atoms with E-state index < -0.39 is 0 Å². The van der Waals surface area contributed by atoms with E-state index >= 15 is 0 Å². The first-order chi connectivity index (χ1) is 16.2. The molecule has 1 aliphatic carbocycles. The maximum absolute atomic E-state index is 12.2. The second kappa shape index (κ2) is 11.0. The van der Waals surface area contributed by atoms with Crippen LogP contribution in [0.3, 0.4) is 0 Å². The number of pyridine rings is 1. The van der Waals surface area contributed by atoms with Gasteiger partial charge in [0, 0.05) is 18.7 Å². The summed E-state index contributed by atoms with van der Waals surface area (Å²) in [6, 6.07) is 20.8. The highest BCUT2D eigenvalue weighted by atomic mass is 16.5. The van der Waals surface area contributed by atoms with E-state index in [-0.39, 0.29) is 11.9 Å². The predicted octanol–water partition coefficient (Wildman–Crippen LogP) is 5.32. The minimum absolute atomic E-state index is 0.128. The number of nitrogens with one attached hydrogen (secondary N) is 1. The normalized spacial score (nSPS) is 14.5. The number of hydrogen-bond acceptors (Lipinski definition) is 5. The van der Waals surface area contributed by atoms with Crippen molar-refractivity contribution >= 4 is 11.8 Å². The first-order valence-corrected chi connectivity index (χ1v) is 11.8. The SMILES string of the molecule is CCNc1cccc(CCOc2ccc3c(c2)Cc2ccccc2C(CC(=O)OCC)C3)n1. The van der Waals surface area contributed by atoms with Crippen molar-refractivity contribution in [3.05, 3.63) is 88.6 Å². The predicted molar refractivity (Wildman–Crippen MR) is 131 cm³/mol. The van der Waals surface area contributed by atoms with Crippen molar-refractivity contribution in [1.29, 1.82) is 0 Å². The first-order valence-electron chi connectivity index (χ1n) is 11.8. The molecular formula is C28H32N2O3. The number of esters is 1. The molecule has 33 heavy (non-hydrogen) atoms. The third kappa shape index (κ3) is 5.92. The van der Waals surface area contributed by atoms with Gasteiger partial charge in [-0.2, -0.15) is 0 Å². The average Bonchev–Trinajstić information content (AvgIpc) is 2.96. The van der Waals surface area contributed by atoms with E-state index in [1.165, 1.54) is 22.3 Å². The molecule has 0 fully saturated rings. The number of anilines is 1. The van der Waals surface area contributed by atoms with E-state index in [0.717, 1.165) is 43.1 Å². The van der Waals surface area contributed by atoms with E-state index in [2.05, 4.69) is 53.6 Å². The Morgan fingerprint density at radius 1 is 1.03 bits per heavy atom. The summed E-state index contributed by atoms with van der Waals surface area (Å²) in [6.45, 7) is 5.76. The standard InChI is InChI=1S/C28H32N2O3/c1-3-29-27-11-7-9-24(30-27)14-15-33-25-13-12-20-16-23(19-28(31)32-4-2)26-10-6-5-8-21(26)17-22(20)18-25/h5-13,18,23H,3-4,14-17,19H2,1-2H3,(H,29,30). The fourth-order valence-electron chi connectivity index (χ4n) is 4.50. The Bertz CT molecular complexity index is 1100. The number of nitrogens with zero attached hydrogens (tertiary/aromatic N) is 1. The second-order valence-electron chi connectivity index (χ2n) is 8.36. The number of fused-ring (bicyclic) bond motifs is 2. The summed E-state index contributed by atoms with van der Waals surface area (Å²) in [5, 5.41) is 3.25. The number of ether oxygens (including phenoxy) is 2. The van der Waals surface area contributed by atoms with E-state index in [0.29, 0.717) is 19.6 Å². The molecule has 5 nitrogen and oxygen atoms in total. The van der Waals surface area contributed by atoms with Crippen LogP contribution in [0.1, 0.15) is 54.1 Å². The third-order valence-corrected chi connectivity index (χ3v) is 6.03. The zero-order valence-electron chi connectivity index (χ0n) is 19.5. The zero-order valence-corrected chi connectivity index (χ0v) is 19.5. The number of carbonyl (C=O) groups excluding carboxylic acids is 1. The Labute approximate surface area is 196 Å². The molecule has 1 atom stereocenters. The quantitative estimate of drug-likeness (QED) is 0.453. The molecule has 1 aromatic heterocycles. The molecule has 1 unspecified atom stereocenters. The summed E-state index contributed by atoms with van der Waals surface area (Å²) in [5.74, 6) is 1.77. The monoisotopic (exact) mass is 444 g/mol. The topological polar surface area (TPSA) is 60.5 Å². The molecule has 5 heteroatoms. The van der Waals surface area contributed by atoms with E-state index in [1.807, 2.05) is 31.2 Å². The molecule has 4 rings (SSSR count). The second-order valence-corrected chi connectivity index (χ2v) is 8.36. The van der Waals surface area contributed by atoms with Crippen LogP contribution in [0.4, 0.5) is 5.82 Å². The van der Waals surface area contributed by atoms with Crippen LogP contribution >= 0.6 is 0 Å². The highest BCUT2D eigenvalue weighted by Gasteiger charge is 2.24. The summed E-state index contributed by atoms with van der Waals surface area (Å²) in [7, 11) is 0. The van der Waals surface area contributed by atoms with Crippen molar-refractivity contribution in [2.24, 2.45) is 0 Å². The smallest absolute Gasteiger partial charge is 0.306 e. The molecule has 1 heterocycles. The summed E-state index contributed by atoms with van der Waals surface area (Å²) >= 11 is 0. The van der Waals surface area contributed by atoms with E-state index in [9.17, 15) is 4.79 Å². The maximum Gasteiger partial charge on any atom is 0.306 e. The fourth-order valence-corrected chi connectivity index (χ4v) is 4.50. The van der Waals surface area contributed by atoms with Crippen molar-refractivity contribution in [3.8, 4) is 5.75 Å². The molecule has 0 aliphatic heterocycles. The summed E-state index contributed by atoms with van der Waals surface area (Å²) in [5.41, 5.74) is 6.06. The lowest BCUT2D eigenvalue weighted by Gasteiger charge is -2.17. The molecule has 0 saturated heterocycles. The summed E-state index contributed by atoms with van der Waals surface area (Å²) in [6.07, 6.45) is 2.82. The Hall–Kier alpha value is -3.34. The van der Waals surface area contributed by atoms with Gasteiger partial charge in [0.15, 0.2) is 0 Å². The van der Waals surface area contributed by atoms with Gasteiger partial charge < -0.3 is 14.8 Å². The van der Waals surface area contributed by atoms with Gasteiger partial charge in [0.05, 0.1) is 19.6 Å². The number of carbonyl (C=O) groups is 1. The lowest BCUT2D eigenvalue weighted by molar-refractivity contribution is -0.143. The molecule has 1 aliphatic rings. The summed E-state index contributed by atoms with van der Waals surface area (Å²) in [4.78, 5) is 16.9. The highest BCUT2D eigenvalue weighted by Crippen LogP contribution is 2.35. The lowest BCUT2D eigenvalue weighted by Crippen LogP contribution is -2.13. The van der Waals surface area contributed by atoms with Gasteiger partial charge in [-0.3, -0.25) is 4.79 Å². The molecule has 0 spiro atoms. The molecule has 0 radical (unpaired) electrons. The van der Waals surface area contributed by atoms with Crippen molar-refractivity contribution in [2.75, 3.05) is 25.1 Å². The molecule has 3 aromatic rings. The molecule has 0 saturated carbocycles. The van der Waals surface area contributed by atoms with Crippen molar-refractivity contribution < 1.29 is 14.3 Å². The van der Waals surface area contributed by atoms with Crippen LogP contribution in [0, 0.1) is 0 Å². The van der Waals surface area contributed by atoms with Crippen molar-refractivity contribution in [1.82, 2.24) is 4.98 Å². The summed E-state index contributed by atoms with van der Waals surface area (Å²) < 4.78 is 11.3. The minimum Gasteiger partial charge on any atom is -0.493 e. The van der Waals surface area contributed by atoms with Gasteiger partial charge >= 0.3 is 5.97 Å². The van der Waals surface area contributed by atoms with Crippen LogP contribution in [-0.4, -0.2) is 30.7 Å². The van der Waals surface area contributed by atoms with Crippen molar-refractivity contribution in [3.63, 3.8) is 0 Å². The van der Waals surface area contributed by atoms with Gasteiger partial charge in [-0.25, -0.2) is 4.98 Å². The van der Waals surface area contributed by atoms with Gasteiger partial charge in [-0.05, 0) is 79.1 Å². The molecule has 0 amide bonds. The Morgan fingerprint density at radius 2 is 1.91 bits per heavy atom. The van der Waals surface area contributed by atoms with E-state index in [4.69, 9.17) is 9.47 Å². The number of hydrogen-bond donors (Lipinski definition) is 1. The molecule has 2 aromatic carbocycles. The third-order valence-electron chi connectivity index (χ3n) is 6.03. The lowest BCUT2D eigenvalue weighted by atomic mass is 9.89. The minimum atomic E-state index is -0.132. The zero-order chi connectivity index (χ0) is 23.0. The van der Waals surface area contributed by atoms with Crippen molar-refractivity contribution in [2.45, 2.75) is 45.4 Å². The largest absolute Gasteiger partial charge is 0.493 e. The number of rotatable bonds is 9. The van der Waals surface area contributed by atoms with Gasteiger partial charge in [0.2, 0.25) is 0 Å². The molecule has 1 N–H and O–H groups in total. The number of aromatic nitrogens is 1. The van der Waals surface area contributed by atoms with Gasteiger partial charge in [0.25, 0.3) is 0 Å². The maximum atomic E-state index is 12.2. The van der Waals surface area contributed by atoms with Gasteiger partial charge in [-0.15, -0.1) is 0 Å². The molecular weight excluding hydrogens is 412 g/mol. The van der Waals surface area contributed by atoms with Crippen LogP contribution in [0.15, 0.2) is 60.7 Å². The van der Waals surface area contributed by atoms with Gasteiger partial charge in [-0.1, -0.05) is 36.4 Å². The first kappa shape index (κ1) is 22.8. The van der Waals surface area contributed by atoms with Crippen LogP contribution in [0.5, 0.6) is 5.75 Å².